The van der Waals surface area contributed by atoms with Crippen LogP contribution in [-0.4, -0.2) is 36.5 Å². The van der Waals surface area contributed by atoms with Gasteiger partial charge in [-0.25, -0.2) is 9.78 Å². The van der Waals surface area contributed by atoms with Gasteiger partial charge in [0.05, 0.1) is 14.2 Å². The van der Waals surface area contributed by atoms with E-state index in [-0.39, 0.29) is 0 Å². The molecule has 0 amide bonds. The lowest BCUT2D eigenvalue weighted by atomic mass is 9.97. The summed E-state index contributed by atoms with van der Waals surface area (Å²) in [6.07, 6.45) is -0.270. The fraction of sp³-hybridized carbons (Fsp3) is 0.381. The number of ether oxygens (including phenoxy) is 2. The highest BCUT2D eigenvalue weighted by Crippen LogP contribution is 2.28. The van der Waals surface area contributed by atoms with E-state index in [1.807, 2.05) is 38.1 Å². The fourth-order valence-corrected chi connectivity index (χ4v) is 2.76. The maximum absolute atomic E-state index is 11.7. The summed E-state index contributed by atoms with van der Waals surface area (Å²) < 4.78 is 9.74. The lowest BCUT2D eigenvalue weighted by Crippen LogP contribution is -2.19. The molecule has 0 aliphatic rings. The monoisotopic (exact) mass is 387 g/mol. The Morgan fingerprint density at radius 1 is 1.25 bits per heavy atom. The Morgan fingerprint density at radius 3 is 2.36 bits per heavy atom. The summed E-state index contributed by atoms with van der Waals surface area (Å²) in [7, 11) is 2.83. The van der Waals surface area contributed by atoms with Crippen molar-refractivity contribution in [3.63, 3.8) is 0 Å². The first-order valence-corrected chi connectivity index (χ1v) is 9.07. The molecule has 0 spiro atoms. The average Bonchev–Trinajstić information content (AvgIpc) is 2.73. The molecule has 0 radical (unpaired) electrons. The highest BCUT2D eigenvalue weighted by Gasteiger charge is 2.25. The molecule has 1 atom stereocenters. The molecule has 152 valence electrons. The first-order valence-electron chi connectivity index (χ1n) is 9.07. The van der Waals surface area contributed by atoms with Gasteiger partial charge in [0, 0.05) is 29.6 Å². The Bertz CT molecular complexity index is 804. The highest BCUT2D eigenvalue weighted by molar-refractivity contribution is 5.88. The molecule has 1 heterocycles. The molecule has 2 rings (SSSR count). The molecule has 0 bridgehead atoms. The second-order valence-corrected chi connectivity index (χ2v) is 5.77. The third-order valence-corrected chi connectivity index (χ3v) is 4.19. The van der Waals surface area contributed by atoms with Crippen molar-refractivity contribution in [1.82, 2.24) is 4.98 Å². The molecule has 0 saturated heterocycles. The van der Waals surface area contributed by atoms with Gasteiger partial charge < -0.3 is 25.3 Å². The highest BCUT2D eigenvalue weighted by atomic mass is 16.5. The standard InChI is InChI=1S/C19H23N3O4.C2H6/c1-11-15(9-20)18(21-10-13-5-7-14(25-3)8-6-13)22-12(2)16(11)17(23)19(24)26-4;1-2/h5-9,17,20,23H,10H2,1-4H3,(H,21,22);1-2H3. The summed E-state index contributed by atoms with van der Waals surface area (Å²) in [5.74, 6) is 0.541. The van der Waals surface area contributed by atoms with Gasteiger partial charge >= 0.3 is 5.97 Å². The van der Waals surface area contributed by atoms with Crippen LogP contribution in [0.4, 0.5) is 5.82 Å². The lowest BCUT2D eigenvalue weighted by molar-refractivity contribution is -0.150. The summed E-state index contributed by atoms with van der Waals surface area (Å²) in [5, 5.41) is 21.1. The van der Waals surface area contributed by atoms with Gasteiger partial charge in [0.15, 0.2) is 6.10 Å². The van der Waals surface area contributed by atoms with Crippen LogP contribution in [0.25, 0.3) is 0 Å². The molecular formula is C21H29N3O4. The second-order valence-electron chi connectivity index (χ2n) is 5.77. The third kappa shape index (κ3) is 5.29. The average molecular weight is 387 g/mol. The van der Waals surface area contributed by atoms with Crippen molar-refractivity contribution < 1.29 is 19.4 Å². The smallest absolute Gasteiger partial charge is 0.339 e. The van der Waals surface area contributed by atoms with E-state index in [0.717, 1.165) is 17.5 Å². The van der Waals surface area contributed by atoms with Crippen molar-refractivity contribution in [3.05, 3.63) is 52.2 Å². The van der Waals surface area contributed by atoms with E-state index in [1.54, 1.807) is 21.0 Å². The second kappa shape index (κ2) is 11.0. The first-order chi connectivity index (χ1) is 13.4. The number of methoxy groups -OCH3 is 2. The third-order valence-electron chi connectivity index (χ3n) is 4.19. The first kappa shape index (κ1) is 23.1. The maximum atomic E-state index is 11.7. The minimum atomic E-state index is -1.43. The zero-order valence-corrected chi connectivity index (χ0v) is 17.3. The number of aliphatic hydroxyl groups is 1. The number of carbonyl (C=O) groups excluding carboxylic acids is 1. The van der Waals surface area contributed by atoms with E-state index in [0.29, 0.717) is 34.7 Å². The fourth-order valence-electron chi connectivity index (χ4n) is 2.76. The Kier molecular flexibility index (Phi) is 9.11. The van der Waals surface area contributed by atoms with Crippen LogP contribution in [0.3, 0.4) is 0 Å². The number of benzene rings is 1. The summed E-state index contributed by atoms with van der Waals surface area (Å²) >= 11 is 0. The molecule has 7 heteroatoms. The van der Waals surface area contributed by atoms with Crippen molar-refractivity contribution in [2.45, 2.75) is 40.3 Å². The Hall–Kier alpha value is -2.93. The van der Waals surface area contributed by atoms with E-state index in [9.17, 15) is 9.90 Å². The zero-order valence-electron chi connectivity index (χ0n) is 17.3. The number of pyridine rings is 1. The molecule has 3 N–H and O–H groups in total. The van der Waals surface area contributed by atoms with Gasteiger partial charge in [-0.15, -0.1) is 0 Å². The van der Waals surface area contributed by atoms with Crippen LogP contribution in [0.2, 0.25) is 0 Å². The molecule has 1 aromatic heterocycles. The number of nitrogens with one attached hydrogen (secondary N) is 2. The largest absolute Gasteiger partial charge is 0.497 e. The quantitative estimate of drug-likeness (QED) is 0.496. The number of aliphatic hydroxyl groups excluding tert-OH is 1. The minimum absolute atomic E-state index is 0.366. The lowest BCUT2D eigenvalue weighted by Gasteiger charge is -2.19. The van der Waals surface area contributed by atoms with Crippen molar-refractivity contribution >= 4 is 18.0 Å². The molecule has 2 aromatic rings. The number of aryl methyl sites for hydroxylation is 1. The molecule has 1 aromatic carbocycles. The number of nitrogens with zero attached hydrogens (tertiary/aromatic N) is 1. The van der Waals surface area contributed by atoms with E-state index >= 15 is 0 Å². The van der Waals surface area contributed by atoms with E-state index in [2.05, 4.69) is 15.0 Å². The molecule has 1 unspecified atom stereocenters. The Balaban J connectivity index is 0.00000190. The van der Waals surface area contributed by atoms with Gasteiger partial charge in [0.2, 0.25) is 0 Å². The predicted molar refractivity (Wildman–Crippen MR) is 110 cm³/mol. The van der Waals surface area contributed by atoms with Gasteiger partial charge in [0.1, 0.15) is 11.6 Å². The number of rotatable bonds is 7. The Morgan fingerprint density at radius 2 is 1.86 bits per heavy atom. The molecule has 0 saturated carbocycles. The van der Waals surface area contributed by atoms with Gasteiger partial charge in [-0.3, -0.25) is 0 Å². The van der Waals surface area contributed by atoms with Crippen molar-refractivity contribution in [2.24, 2.45) is 0 Å². The summed E-state index contributed by atoms with van der Waals surface area (Å²) in [6.45, 7) is 7.96. The topological polar surface area (TPSA) is 105 Å². The molecule has 0 aliphatic heterocycles. The normalized spacial score (nSPS) is 11.0. The van der Waals surface area contributed by atoms with Crippen LogP contribution in [0.5, 0.6) is 5.75 Å². The van der Waals surface area contributed by atoms with Gasteiger partial charge in [-0.1, -0.05) is 26.0 Å². The molecule has 7 nitrogen and oxygen atoms in total. The summed E-state index contributed by atoms with van der Waals surface area (Å²) in [5.41, 5.74) is 3.02. The number of aromatic nitrogens is 1. The van der Waals surface area contributed by atoms with Crippen LogP contribution in [0, 0.1) is 19.3 Å². The zero-order chi connectivity index (χ0) is 21.3. The predicted octanol–water partition coefficient (Wildman–Crippen LogP) is 3.55. The number of esters is 1. The van der Waals surface area contributed by atoms with Gasteiger partial charge in [-0.05, 0) is 37.1 Å². The maximum Gasteiger partial charge on any atom is 0.339 e. The number of anilines is 1. The van der Waals surface area contributed by atoms with E-state index in [4.69, 9.17) is 10.1 Å². The van der Waals surface area contributed by atoms with Gasteiger partial charge in [0.25, 0.3) is 0 Å². The van der Waals surface area contributed by atoms with Crippen LogP contribution in [-0.2, 0) is 16.1 Å². The van der Waals surface area contributed by atoms with Gasteiger partial charge in [-0.2, -0.15) is 0 Å². The minimum Gasteiger partial charge on any atom is -0.497 e. The summed E-state index contributed by atoms with van der Waals surface area (Å²) in [4.78, 5) is 16.1. The molecule has 0 fully saturated rings. The van der Waals surface area contributed by atoms with Crippen molar-refractivity contribution in [2.75, 3.05) is 19.5 Å². The number of hydrogen-bond donors (Lipinski definition) is 3. The molecule has 28 heavy (non-hydrogen) atoms. The van der Waals surface area contributed by atoms with E-state index in [1.165, 1.54) is 7.11 Å². The molecule has 0 aliphatic carbocycles. The van der Waals surface area contributed by atoms with Crippen molar-refractivity contribution in [1.29, 1.82) is 5.41 Å². The van der Waals surface area contributed by atoms with Crippen LogP contribution in [0.15, 0.2) is 24.3 Å². The Labute approximate surface area is 166 Å². The van der Waals surface area contributed by atoms with Crippen LogP contribution >= 0.6 is 0 Å². The summed E-state index contributed by atoms with van der Waals surface area (Å²) in [6, 6.07) is 7.61. The SMILES string of the molecule is CC.COC(=O)C(O)c1c(C)nc(NCc2ccc(OC)cc2)c(C=N)c1C. The number of hydrogen-bond acceptors (Lipinski definition) is 7. The van der Waals surface area contributed by atoms with Crippen LogP contribution < -0.4 is 10.1 Å². The molecular weight excluding hydrogens is 358 g/mol. The number of carbonyl (C=O) groups is 1. The van der Waals surface area contributed by atoms with Crippen molar-refractivity contribution in [3.8, 4) is 5.75 Å². The van der Waals surface area contributed by atoms with E-state index < -0.39 is 12.1 Å². The van der Waals surface area contributed by atoms with Crippen LogP contribution in [0.1, 0.15) is 47.9 Å².